The Labute approximate surface area is 172 Å². The third-order valence-corrected chi connectivity index (χ3v) is 6.35. The zero-order chi connectivity index (χ0) is 19.7. The Morgan fingerprint density at radius 3 is 2.71 bits per heavy atom. The summed E-state index contributed by atoms with van der Waals surface area (Å²) in [5.74, 6) is 2.07. The van der Waals surface area contributed by atoms with E-state index in [2.05, 4.69) is 5.16 Å². The Kier molecular flexibility index (Phi) is 5.33. The lowest BCUT2D eigenvalue weighted by Crippen LogP contribution is -2.31. The summed E-state index contributed by atoms with van der Waals surface area (Å²) in [5.41, 5.74) is 2.75. The second-order valence-corrected chi connectivity index (χ2v) is 8.03. The fourth-order valence-electron chi connectivity index (χ4n) is 3.36. The molecule has 2 aromatic carbocycles. The van der Waals surface area contributed by atoms with E-state index in [0.29, 0.717) is 28.6 Å². The number of benzene rings is 2. The van der Waals surface area contributed by atoms with E-state index in [1.807, 2.05) is 47.4 Å². The number of aryl methyl sites for hydroxylation is 1. The lowest BCUT2D eigenvalue weighted by molar-refractivity contribution is 0.0750. The van der Waals surface area contributed by atoms with Crippen molar-refractivity contribution in [3.8, 4) is 16.9 Å². The molecule has 1 atom stereocenters. The van der Waals surface area contributed by atoms with Gasteiger partial charge in [-0.1, -0.05) is 47.1 Å². The van der Waals surface area contributed by atoms with Crippen molar-refractivity contribution in [3.63, 3.8) is 0 Å². The van der Waals surface area contributed by atoms with E-state index in [1.165, 1.54) is 0 Å². The van der Waals surface area contributed by atoms with E-state index < -0.39 is 0 Å². The Bertz CT molecular complexity index is 1000. The molecule has 4 rings (SSSR count). The van der Waals surface area contributed by atoms with Crippen LogP contribution in [0.15, 0.2) is 53.1 Å². The number of aromatic nitrogens is 1. The van der Waals surface area contributed by atoms with Gasteiger partial charge in [-0.15, -0.1) is 11.8 Å². The van der Waals surface area contributed by atoms with Crippen molar-refractivity contribution >= 4 is 29.3 Å². The van der Waals surface area contributed by atoms with Gasteiger partial charge in [-0.25, -0.2) is 0 Å². The maximum atomic E-state index is 13.4. The van der Waals surface area contributed by atoms with Gasteiger partial charge < -0.3 is 14.2 Å². The van der Waals surface area contributed by atoms with Crippen molar-refractivity contribution in [2.24, 2.45) is 0 Å². The highest BCUT2D eigenvalue weighted by molar-refractivity contribution is 7.99. The van der Waals surface area contributed by atoms with Crippen molar-refractivity contribution in [1.82, 2.24) is 10.1 Å². The molecule has 1 aromatic heterocycles. The van der Waals surface area contributed by atoms with Crippen LogP contribution in [-0.4, -0.2) is 35.4 Å². The molecule has 28 heavy (non-hydrogen) atoms. The van der Waals surface area contributed by atoms with E-state index in [-0.39, 0.29) is 11.3 Å². The average Bonchev–Trinajstić information content (AvgIpc) is 3.35. The summed E-state index contributed by atoms with van der Waals surface area (Å²) in [6.45, 7) is 2.44. The molecule has 1 aliphatic heterocycles. The predicted octanol–water partition coefficient (Wildman–Crippen LogP) is 5.20. The van der Waals surface area contributed by atoms with Gasteiger partial charge in [-0.2, -0.15) is 0 Å². The molecule has 144 valence electrons. The van der Waals surface area contributed by atoms with Crippen LogP contribution in [0.4, 0.5) is 0 Å². The predicted molar refractivity (Wildman–Crippen MR) is 111 cm³/mol. The highest BCUT2D eigenvalue weighted by Gasteiger charge is 2.35. The van der Waals surface area contributed by atoms with Crippen LogP contribution in [0.3, 0.4) is 0 Å². The number of methoxy groups -OCH3 is 1. The smallest absolute Gasteiger partial charge is 0.277 e. The van der Waals surface area contributed by atoms with Gasteiger partial charge in [-0.05, 0) is 30.7 Å². The first-order chi connectivity index (χ1) is 13.6. The second-order valence-electron chi connectivity index (χ2n) is 6.44. The summed E-state index contributed by atoms with van der Waals surface area (Å²) in [7, 11) is 1.64. The zero-order valence-electron chi connectivity index (χ0n) is 15.5. The minimum Gasteiger partial charge on any atom is -0.497 e. The molecular weight excluding hydrogens is 396 g/mol. The topological polar surface area (TPSA) is 55.6 Å². The molecule has 0 radical (unpaired) electrons. The number of hydrogen-bond donors (Lipinski definition) is 0. The number of amides is 1. The molecule has 1 aliphatic rings. The standard InChI is InChI=1S/C21H19ClN2O3S/c1-13-18(16-5-3-4-6-17(16)22)19(23-27-13)20(25)24-11-12-28-21(24)14-7-9-15(26-2)10-8-14/h3-10,21H,11-12H2,1-2H3. The van der Waals surface area contributed by atoms with Crippen LogP contribution in [-0.2, 0) is 0 Å². The highest BCUT2D eigenvalue weighted by atomic mass is 35.5. The second kappa shape index (κ2) is 7.89. The summed E-state index contributed by atoms with van der Waals surface area (Å²) in [6, 6.07) is 15.2. The Hall–Kier alpha value is -2.44. The van der Waals surface area contributed by atoms with Crippen LogP contribution in [0.5, 0.6) is 5.75 Å². The number of carbonyl (C=O) groups is 1. The normalized spacial score (nSPS) is 16.4. The molecule has 0 aliphatic carbocycles. The minimum absolute atomic E-state index is 0.0745. The van der Waals surface area contributed by atoms with Gasteiger partial charge >= 0.3 is 0 Å². The molecular formula is C21H19ClN2O3S. The van der Waals surface area contributed by atoms with Gasteiger partial charge in [0.25, 0.3) is 5.91 Å². The quantitative estimate of drug-likeness (QED) is 0.587. The number of halogens is 1. The molecule has 0 bridgehead atoms. The third kappa shape index (κ3) is 3.38. The number of rotatable bonds is 4. The van der Waals surface area contributed by atoms with E-state index in [0.717, 1.165) is 22.6 Å². The summed E-state index contributed by atoms with van der Waals surface area (Å²) in [5, 5.41) is 4.57. The summed E-state index contributed by atoms with van der Waals surface area (Å²) >= 11 is 8.10. The minimum atomic E-state index is -0.155. The molecule has 0 spiro atoms. The number of thioether (sulfide) groups is 1. The summed E-state index contributed by atoms with van der Waals surface area (Å²) in [4.78, 5) is 15.2. The van der Waals surface area contributed by atoms with E-state index in [4.69, 9.17) is 20.9 Å². The fourth-order valence-corrected chi connectivity index (χ4v) is 4.84. The van der Waals surface area contributed by atoms with Crippen molar-refractivity contribution in [2.75, 3.05) is 19.4 Å². The van der Waals surface area contributed by atoms with E-state index >= 15 is 0 Å². The van der Waals surface area contributed by atoms with Crippen molar-refractivity contribution < 1.29 is 14.1 Å². The summed E-state index contributed by atoms with van der Waals surface area (Å²) in [6.07, 6.45) is 0. The molecule has 1 amide bonds. The van der Waals surface area contributed by atoms with Crippen LogP contribution in [0.25, 0.3) is 11.1 Å². The highest BCUT2D eigenvalue weighted by Crippen LogP contribution is 2.41. The van der Waals surface area contributed by atoms with Crippen molar-refractivity contribution in [1.29, 1.82) is 0 Å². The van der Waals surface area contributed by atoms with Gasteiger partial charge in [-0.3, -0.25) is 4.79 Å². The van der Waals surface area contributed by atoms with Crippen molar-refractivity contribution in [3.05, 3.63) is 70.6 Å². The molecule has 1 unspecified atom stereocenters. The zero-order valence-corrected chi connectivity index (χ0v) is 17.1. The number of ether oxygens (including phenoxy) is 1. The lowest BCUT2D eigenvalue weighted by Gasteiger charge is -2.23. The molecule has 0 saturated carbocycles. The molecule has 1 fully saturated rings. The average molecular weight is 415 g/mol. The Morgan fingerprint density at radius 2 is 2.00 bits per heavy atom. The van der Waals surface area contributed by atoms with Crippen LogP contribution in [0.2, 0.25) is 5.02 Å². The monoisotopic (exact) mass is 414 g/mol. The number of hydrogen-bond acceptors (Lipinski definition) is 5. The first-order valence-electron chi connectivity index (χ1n) is 8.88. The van der Waals surface area contributed by atoms with E-state index in [9.17, 15) is 4.79 Å². The Balaban J connectivity index is 1.69. The third-order valence-electron chi connectivity index (χ3n) is 4.76. The van der Waals surface area contributed by atoms with E-state index in [1.54, 1.807) is 31.9 Å². The van der Waals surface area contributed by atoms with Gasteiger partial charge in [0.1, 0.15) is 16.9 Å². The molecule has 2 heterocycles. The van der Waals surface area contributed by atoms with Gasteiger partial charge in [0.05, 0.1) is 12.7 Å². The lowest BCUT2D eigenvalue weighted by atomic mass is 10.0. The number of carbonyl (C=O) groups excluding carboxylic acids is 1. The van der Waals surface area contributed by atoms with Crippen molar-refractivity contribution in [2.45, 2.75) is 12.3 Å². The van der Waals surface area contributed by atoms with Gasteiger partial charge in [0.15, 0.2) is 5.69 Å². The first-order valence-corrected chi connectivity index (χ1v) is 10.3. The molecule has 3 aromatic rings. The first kappa shape index (κ1) is 18.9. The SMILES string of the molecule is COc1ccc(C2SCCN2C(=O)c2noc(C)c2-c2ccccc2Cl)cc1. The van der Waals surface area contributed by atoms with Crippen LogP contribution < -0.4 is 4.74 Å². The van der Waals surface area contributed by atoms with Crippen LogP contribution >= 0.6 is 23.4 Å². The summed E-state index contributed by atoms with van der Waals surface area (Å²) < 4.78 is 10.6. The molecule has 0 N–H and O–H groups in total. The molecule has 5 nitrogen and oxygen atoms in total. The fraction of sp³-hybridized carbons (Fsp3) is 0.238. The van der Waals surface area contributed by atoms with Crippen LogP contribution in [0.1, 0.15) is 27.2 Å². The maximum absolute atomic E-state index is 13.4. The maximum Gasteiger partial charge on any atom is 0.277 e. The Morgan fingerprint density at radius 1 is 1.25 bits per heavy atom. The van der Waals surface area contributed by atoms with Gasteiger partial charge in [0, 0.05) is 22.9 Å². The molecule has 7 heteroatoms. The van der Waals surface area contributed by atoms with Crippen LogP contribution in [0, 0.1) is 6.92 Å². The van der Waals surface area contributed by atoms with Gasteiger partial charge in [0.2, 0.25) is 0 Å². The largest absolute Gasteiger partial charge is 0.497 e. The molecule has 1 saturated heterocycles. The number of nitrogens with zero attached hydrogens (tertiary/aromatic N) is 2.